The molecule has 5 nitrogen and oxygen atoms in total. The minimum absolute atomic E-state index is 0.0135. The van der Waals surface area contributed by atoms with Gasteiger partial charge in [-0.3, -0.25) is 4.79 Å². The number of fused-ring (bicyclic) bond motifs is 7. The van der Waals surface area contributed by atoms with Crippen molar-refractivity contribution in [1.82, 2.24) is 0 Å². The lowest BCUT2D eigenvalue weighted by molar-refractivity contribution is -0.219. The van der Waals surface area contributed by atoms with E-state index in [2.05, 4.69) is 40.7 Å². The van der Waals surface area contributed by atoms with Crippen molar-refractivity contribution in [3.63, 3.8) is 0 Å². The van der Waals surface area contributed by atoms with E-state index in [1.807, 2.05) is 6.92 Å². The maximum atomic E-state index is 12.3. The van der Waals surface area contributed by atoms with Gasteiger partial charge in [-0.25, -0.2) is 0 Å². The van der Waals surface area contributed by atoms with Crippen LogP contribution in [-0.4, -0.2) is 45.2 Å². The van der Waals surface area contributed by atoms with E-state index in [1.165, 1.54) is 5.57 Å². The molecule has 0 aromatic rings. The van der Waals surface area contributed by atoms with Gasteiger partial charge in [-0.1, -0.05) is 46.3 Å². The van der Waals surface area contributed by atoms with Gasteiger partial charge in [0.05, 0.1) is 24.2 Å². The third-order valence-electron chi connectivity index (χ3n) is 13.4. The number of aliphatic hydroxyl groups excluding tert-OH is 3. The van der Waals surface area contributed by atoms with Crippen LogP contribution in [0, 0.1) is 50.2 Å². The zero-order chi connectivity index (χ0) is 25.8. The number of rotatable bonds is 2. The highest BCUT2D eigenvalue weighted by Gasteiger charge is 2.70. The Morgan fingerprint density at radius 2 is 1.60 bits per heavy atom. The summed E-state index contributed by atoms with van der Waals surface area (Å²) >= 11 is 0. The topological polar surface area (TPSA) is 98.0 Å². The van der Waals surface area contributed by atoms with Crippen molar-refractivity contribution >= 4 is 5.97 Å². The molecule has 5 aliphatic rings. The minimum atomic E-state index is -0.826. The van der Waals surface area contributed by atoms with E-state index in [0.29, 0.717) is 37.5 Å². The Balaban J connectivity index is 1.61. The number of carboxylic acids is 1. The van der Waals surface area contributed by atoms with Crippen LogP contribution in [0.5, 0.6) is 0 Å². The molecule has 5 aliphatic carbocycles. The molecule has 5 rings (SSSR count). The predicted molar refractivity (Wildman–Crippen MR) is 135 cm³/mol. The molecule has 5 heteroatoms. The largest absolute Gasteiger partial charge is 0.481 e. The Morgan fingerprint density at radius 3 is 2.23 bits per heavy atom. The van der Waals surface area contributed by atoms with E-state index in [9.17, 15) is 25.2 Å². The van der Waals surface area contributed by atoms with Crippen LogP contribution in [0.3, 0.4) is 0 Å². The Morgan fingerprint density at radius 1 is 0.914 bits per heavy atom. The molecule has 0 aromatic carbocycles. The normalized spacial score (nSPS) is 55.0. The van der Waals surface area contributed by atoms with Gasteiger partial charge in [0.25, 0.3) is 0 Å². The summed E-state index contributed by atoms with van der Waals surface area (Å²) in [5, 5.41) is 43.3. The maximum absolute atomic E-state index is 12.3. The molecule has 4 saturated carbocycles. The molecule has 0 bridgehead atoms. The monoisotopic (exact) mass is 488 g/mol. The van der Waals surface area contributed by atoms with Gasteiger partial charge in [-0.05, 0) is 104 Å². The molecule has 10 atom stereocenters. The first-order valence-electron chi connectivity index (χ1n) is 14.0. The molecule has 0 heterocycles. The van der Waals surface area contributed by atoms with Gasteiger partial charge in [0.2, 0.25) is 0 Å². The first-order valence-corrected chi connectivity index (χ1v) is 14.0. The summed E-state index contributed by atoms with van der Waals surface area (Å²) in [5.41, 5.74) is -0.373. The van der Waals surface area contributed by atoms with E-state index >= 15 is 0 Å². The predicted octanol–water partition coefficient (Wildman–Crippen LogP) is 5.18. The van der Waals surface area contributed by atoms with Crippen LogP contribution in [0.1, 0.15) is 99.3 Å². The molecular formula is C30H48O5. The quantitative estimate of drug-likeness (QED) is 0.402. The summed E-state index contributed by atoms with van der Waals surface area (Å²) in [6.07, 6.45) is 8.69. The van der Waals surface area contributed by atoms with Crippen LogP contribution in [-0.2, 0) is 4.79 Å². The first-order chi connectivity index (χ1) is 16.1. The van der Waals surface area contributed by atoms with Crippen LogP contribution >= 0.6 is 0 Å². The molecule has 0 radical (unpaired) electrons. The van der Waals surface area contributed by atoms with Gasteiger partial charge in [-0.15, -0.1) is 0 Å². The molecule has 35 heavy (non-hydrogen) atoms. The van der Waals surface area contributed by atoms with Crippen molar-refractivity contribution in [3.8, 4) is 0 Å². The fraction of sp³-hybridized carbons (Fsp3) is 0.900. The van der Waals surface area contributed by atoms with Crippen molar-refractivity contribution in [2.75, 3.05) is 6.61 Å². The standard InChI is InChI=1S/C30H48O5/c1-25(2)20-9-12-28(5)21(27(20,4)11-10-22(25)32)8-7-18-19-15-26(3,24(34)35)13-14-30(19,17-31)23(33)16-29(18,28)6/h7,19-23,31-33H,8-17H2,1-6H3,(H,34,35)/t19-,20-,21+,22-,23-,26+,27-,28+,29+,30+/m0/s1. The van der Waals surface area contributed by atoms with Crippen molar-refractivity contribution in [3.05, 3.63) is 11.6 Å². The van der Waals surface area contributed by atoms with Crippen molar-refractivity contribution in [1.29, 1.82) is 0 Å². The SMILES string of the molecule is CC1(C)[C@@H](O)CC[C@]2(C)[C@H]3CC=C4[C@@H]5C[C@](C)(C(=O)O)CC[C@]5(CO)[C@@H](O)C[C@@]4(C)[C@]3(C)CC[C@@H]12. The third kappa shape index (κ3) is 3.01. The molecule has 0 aliphatic heterocycles. The van der Waals surface area contributed by atoms with E-state index in [4.69, 9.17) is 0 Å². The van der Waals surface area contributed by atoms with Gasteiger partial charge in [0, 0.05) is 5.41 Å². The highest BCUT2D eigenvalue weighted by molar-refractivity contribution is 5.74. The molecular weight excluding hydrogens is 440 g/mol. The number of hydrogen-bond donors (Lipinski definition) is 4. The number of aliphatic hydroxyl groups is 3. The van der Waals surface area contributed by atoms with Crippen molar-refractivity contribution in [2.24, 2.45) is 50.2 Å². The Bertz CT molecular complexity index is 941. The smallest absolute Gasteiger partial charge is 0.309 e. The zero-order valence-electron chi connectivity index (χ0n) is 22.7. The summed E-state index contributed by atoms with van der Waals surface area (Å²) in [6, 6.07) is 0. The number of carbonyl (C=O) groups is 1. The average Bonchev–Trinajstić information content (AvgIpc) is 2.77. The van der Waals surface area contributed by atoms with Gasteiger partial charge in [0.15, 0.2) is 0 Å². The van der Waals surface area contributed by atoms with Crippen molar-refractivity contribution < 1.29 is 25.2 Å². The number of allylic oxidation sites excluding steroid dienone is 2. The number of hydrogen-bond acceptors (Lipinski definition) is 4. The summed E-state index contributed by atoms with van der Waals surface area (Å²) in [4.78, 5) is 12.3. The molecule has 0 amide bonds. The van der Waals surface area contributed by atoms with E-state index in [1.54, 1.807) is 0 Å². The highest BCUT2D eigenvalue weighted by Crippen LogP contribution is 2.75. The van der Waals surface area contributed by atoms with E-state index in [0.717, 1.165) is 32.1 Å². The maximum Gasteiger partial charge on any atom is 0.309 e. The first kappa shape index (κ1) is 25.7. The van der Waals surface area contributed by atoms with Crippen LogP contribution in [0.2, 0.25) is 0 Å². The summed E-state index contributed by atoms with van der Waals surface area (Å²) in [5.74, 6) is 0.0503. The summed E-state index contributed by atoms with van der Waals surface area (Å²) in [7, 11) is 0. The number of aliphatic carboxylic acids is 1. The lowest BCUT2D eigenvalue weighted by atomic mass is 9.33. The second-order valence-electron chi connectivity index (χ2n) is 14.9. The fourth-order valence-electron chi connectivity index (χ4n) is 10.7. The number of carboxylic acid groups (broad SMARTS) is 1. The Kier molecular flexibility index (Phi) is 5.56. The van der Waals surface area contributed by atoms with Gasteiger partial charge >= 0.3 is 5.97 Å². The van der Waals surface area contributed by atoms with Gasteiger partial charge < -0.3 is 20.4 Å². The fourth-order valence-corrected chi connectivity index (χ4v) is 10.7. The summed E-state index contributed by atoms with van der Waals surface area (Å²) in [6.45, 7) is 13.5. The lowest BCUT2D eigenvalue weighted by Crippen LogP contribution is -2.67. The molecule has 4 N–H and O–H groups in total. The lowest BCUT2D eigenvalue weighted by Gasteiger charge is -2.72. The zero-order valence-corrected chi connectivity index (χ0v) is 22.7. The molecule has 198 valence electrons. The Labute approximate surface area is 211 Å². The molecule has 4 fully saturated rings. The van der Waals surface area contributed by atoms with Crippen LogP contribution in [0.25, 0.3) is 0 Å². The second-order valence-corrected chi connectivity index (χ2v) is 14.9. The molecule has 0 spiro atoms. The van der Waals surface area contributed by atoms with Crippen LogP contribution < -0.4 is 0 Å². The van der Waals surface area contributed by atoms with Gasteiger partial charge in [0.1, 0.15) is 0 Å². The molecule has 0 saturated heterocycles. The van der Waals surface area contributed by atoms with Crippen molar-refractivity contribution in [2.45, 2.75) is 112 Å². The second kappa shape index (κ2) is 7.57. The molecule has 0 aromatic heterocycles. The highest BCUT2D eigenvalue weighted by atomic mass is 16.4. The van der Waals surface area contributed by atoms with Gasteiger partial charge in [-0.2, -0.15) is 0 Å². The summed E-state index contributed by atoms with van der Waals surface area (Å²) < 4.78 is 0. The third-order valence-corrected chi connectivity index (χ3v) is 13.4. The van der Waals surface area contributed by atoms with E-state index < -0.39 is 22.9 Å². The molecule has 0 unspecified atom stereocenters. The Hall–Kier alpha value is -0.910. The average molecular weight is 489 g/mol. The van der Waals surface area contributed by atoms with E-state index in [-0.39, 0.29) is 40.3 Å². The minimum Gasteiger partial charge on any atom is -0.481 e. The van der Waals surface area contributed by atoms with Crippen LogP contribution in [0.4, 0.5) is 0 Å². The van der Waals surface area contributed by atoms with Crippen LogP contribution in [0.15, 0.2) is 11.6 Å².